The highest BCUT2D eigenvalue weighted by Gasteiger charge is 2.13. The third-order valence-electron chi connectivity index (χ3n) is 2.32. The normalized spacial score (nSPS) is 10.4. The summed E-state index contributed by atoms with van der Waals surface area (Å²) in [5, 5.41) is 9.66. The molecule has 82 valence electrons. The molecule has 4 heteroatoms. The number of benzene rings is 1. The average molecular weight is 236 g/mol. The van der Waals surface area contributed by atoms with Crippen LogP contribution in [0.3, 0.4) is 0 Å². The van der Waals surface area contributed by atoms with Crippen LogP contribution in [0.25, 0.3) is 11.1 Å². The van der Waals surface area contributed by atoms with E-state index in [9.17, 15) is 4.79 Å². The molecule has 0 unspecified atom stereocenters. The van der Waals surface area contributed by atoms with Gasteiger partial charge in [-0.25, -0.2) is 4.79 Å². The van der Waals surface area contributed by atoms with Crippen LogP contribution in [-0.2, 0) is 7.05 Å². The van der Waals surface area contributed by atoms with Gasteiger partial charge in [0.25, 0.3) is 0 Å². The highest BCUT2D eigenvalue weighted by molar-refractivity contribution is 6.30. The van der Waals surface area contributed by atoms with Crippen molar-refractivity contribution in [2.75, 3.05) is 0 Å². The topological polar surface area (TPSA) is 42.2 Å². The standard InChI is InChI=1S/C12H10ClNO2/c1-14-6-10(11(7-14)12(15)16)8-3-2-4-9(13)5-8/h2-7H,1H3,(H,15,16). The van der Waals surface area contributed by atoms with Gasteiger partial charge in [0, 0.05) is 30.0 Å². The Balaban J connectivity index is 2.59. The van der Waals surface area contributed by atoms with E-state index in [-0.39, 0.29) is 5.56 Å². The van der Waals surface area contributed by atoms with Crippen LogP contribution in [0.5, 0.6) is 0 Å². The molecule has 0 aliphatic rings. The molecule has 2 aromatic rings. The van der Waals surface area contributed by atoms with E-state index in [1.807, 2.05) is 6.07 Å². The van der Waals surface area contributed by atoms with Gasteiger partial charge in [0.05, 0.1) is 5.56 Å². The molecule has 1 aromatic carbocycles. The molecule has 2 rings (SSSR count). The third kappa shape index (κ3) is 1.95. The summed E-state index contributed by atoms with van der Waals surface area (Å²) in [6.45, 7) is 0. The zero-order valence-electron chi connectivity index (χ0n) is 8.64. The Bertz CT molecular complexity index is 546. The molecular formula is C12H10ClNO2. The number of carboxylic acids is 1. The summed E-state index contributed by atoms with van der Waals surface area (Å²) < 4.78 is 1.72. The molecular weight excluding hydrogens is 226 g/mol. The summed E-state index contributed by atoms with van der Waals surface area (Å²) >= 11 is 5.88. The zero-order valence-corrected chi connectivity index (χ0v) is 9.40. The Morgan fingerprint density at radius 3 is 2.75 bits per heavy atom. The number of aryl methyl sites for hydroxylation is 1. The first-order valence-electron chi connectivity index (χ1n) is 4.73. The summed E-state index contributed by atoms with van der Waals surface area (Å²) in [6, 6.07) is 7.15. The van der Waals surface area contributed by atoms with E-state index >= 15 is 0 Å². The fourth-order valence-corrected chi connectivity index (χ4v) is 1.83. The van der Waals surface area contributed by atoms with E-state index in [0.717, 1.165) is 5.56 Å². The van der Waals surface area contributed by atoms with Crippen molar-refractivity contribution in [2.45, 2.75) is 0 Å². The molecule has 1 heterocycles. The van der Waals surface area contributed by atoms with Crippen molar-refractivity contribution in [3.8, 4) is 11.1 Å². The number of halogens is 1. The number of hydrogen-bond acceptors (Lipinski definition) is 1. The van der Waals surface area contributed by atoms with Crippen LogP contribution in [0, 0.1) is 0 Å². The van der Waals surface area contributed by atoms with Crippen LogP contribution in [0.1, 0.15) is 10.4 Å². The van der Waals surface area contributed by atoms with E-state index in [1.165, 1.54) is 0 Å². The lowest BCUT2D eigenvalue weighted by Crippen LogP contribution is -1.96. The summed E-state index contributed by atoms with van der Waals surface area (Å²) in [6.07, 6.45) is 3.35. The second-order valence-electron chi connectivity index (χ2n) is 3.57. The van der Waals surface area contributed by atoms with Crippen LogP contribution in [0.2, 0.25) is 5.02 Å². The third-order valence-corrected chi connectivity index (χ3v) is 2.56. The molecule has 0 atom stereocenters. The van der Waals surface area contributed by atoms with Crippen LogP contribution >= 0.6 is 11.6 Å². The Morgan fingerprint density at radius 2 is 2.12 bits per heavy atom. The molecule has 3 nitrogen and oxygen atoms in total. The molecule has 0 bridgehead atoms. The van der Waals surface area contributed by atoms with E-state index in [0.29, 0.717) is 10.6 Å². The highest BCUT2D eigenvalue weighted by Crippen LogP contribution is 2.26. The van der Waals surface area contributed by atoms with Crippen molar-refractivity contribution in [1.29, 1.82) is 0 Å². The monoisotopic (exact) mass is 235 g/mol. The van der Waals surface area contributed by atoms with Crippen molar-refractivity contribution in [1.82, 2.24) is 4.57 Å². The summed E-state index contributed by atoms with van der Waals surface area (Å²) in [5.41, 5.74) is 1.77. The second kappa shape index (κ2) is 4.02. The lowest BCUT2D eigenvalue weighted by molar-refractivity contribution is 0.0697. The van der Waals surface area contributed by atoms with Crippen molar-refractivity contribution in [3.05, 3.63) is 47.2 Å². The number of carboxylic acid groups (broad SMARTS) is 1. The van der Waals surface area contributed by atoms with Crippen LogP contribution in [0.4, 0.5) is 0 Å². The average Bonchev–Trinajstić information content (AvgIpc) is 2.60. The Labute approximate surface area is 97.9 Å². The van der Waals surface area contributed by atoms with Gasteiger partial charge in [0.2, 0.25) is 0 Å². The lowest BCUT2D eigenvalue weighted by Gasteiger charge is -2.00. The molecule has 0 saturated heterocycles. The molecule has 0 fully saturated rings. The first-order valence-corrected chi connectivity index (χ1v) is 5.11. The maximum absolute atomic E-state index is 11.0. The fourth-order valence-electron chi connectivity index (χ4n) is 1.64. The number of carbonyl (C=O) groups is 1. The summed E-state index contributed by atoms with van der Waals surface area (Å²) in [5.74, 6) is -0.935. The van der Waals surface area contributed by atoms with Gasteiger partial charge >= 0.3 is 5.97 Å². The largest absolute Gasteiger partial charge is 0.478 e. The van der Waals surface area contributed by atoms with Gasteiger partial charge in [-0.1, -0.05) is 23.7 Å². The van der Waals surface area contributed by atoms with E-state index < -0.39 is 5.97 Å². The van der Waals surface area contributed by atoms with Gasteiger partial charge in [-0.05, 0) is 17.7 Å². The van der Waals surface area contributed by atoms with Crippen molar-refractivity contribution in [3.63, 3.8) is 0 Å². The maximum atomic E-state index is 11.0. The SMILES string of the molecule is Cn1cc(C(=O)O)c(-c2cccc(Cl)c2)c1. The first-order chi connectivity index (χ1) is 7.58. The van der Waals surface area contributed by atoms with Crippen molar-refractivity contribution < 1.29 is 9.90 Å². The van der Waals surface area contributed by atoms with Gasteiger partial charge in [-0.15, -0.1) is 0 Å². The molecule has 1 aromatic heterocycles. The number of hydrogen-bond donors (Lipinski definition) is 1. The molecule has 0 saturated carbocycles. The second-order valence-corrected chi connectivity index (χ2v) is 4.00. The van der Waals surface area contributed by atoms with Crippen molar-refractivity contribution >= 4 is 17.6 Å². The highest BCUT2D eigenvalue weighted by atomic mass is 35.5. The Kier molecular flexibility index (Phi) is 2.71. The minimum atomic E-state index is -0.935. The summed E-state index contributed by atoms with van der Waals surface area (Å²) in [4.78, 5) is 11.0. The maximum Gasteiger partial charge on any atom is 0.337 e. The van der Waals surface area contributed by atoms with Gasteiger partial charge in [0.1, 0.15) is 0 Å². The number of aromatic carboxylic acids is 1. The number of aromatic nitrogens is 1. The van der Waals surface area contributed by atoms with E-state index in [4.69, 9.17) is 16.7 Å². The smallest absolute Gasteiger partial charge is 0.337 e. The fraction of sp³-hybridized carbons (Fsp3) is 0.0833. The lowest BCUT2D eigenvalue weighted by atomic mass is 10.1. The zero-order chi connectivity index (χ0) is 11.7. The Morgan fingerprint density at radius 1 is 1.38 bits per heavy atom. The number of rotatable bonds is 2. The first kappa shape index (κ1) is 10.8. The van der Waals surface area contributed by atoms with Crippen LogP contribution in [-0.4, -0.2) is 15.6 Å². The molecule has 0 radical (unpaired) electrons. The molecule has 0 aliphatic heterocycles. The van der Waals surface area contributed by atoms with Gasteiger partial charge in [-0.3, -0.25) is 0 Å². The van der Waals surface area contributed by atoms with Crippen LogP contribution in [0.15, 0.2) is 36.7 Å². The van der Waals surface area contributed by atoms with Gasteiger partial charge in [-0.2, -0.15) is 0 Å². The predicted octanol–water partition coefficient (Wildman–Crippen LogP) is 3.04. The minimum Gasteiger partial charge on any atom is -0.478 e. The van der Waals surface area contributed by atoms with E-state index in [1.54, 1.807) is 42.2 Å². The minimum absolute atomic E-state index is 0.282. The molecule has 16 heavy (non-hydrogen) atoms. The molecule has 0 aliphatic carbocycles. The molecule has 0 amide bonds. The van der Waals surface area contributed by atoms with Gasteiger partial charge < -0.3 is 9.67 Å². The predicted molar refractivity (Wildman–Crippen MR) is 62.8 cm³/mol. The van der Waals surface area contributed by atoms with Crippen molar-refractivity contribution in [2.24, 2.45) is 7.05 Å². The quantitative estimate of drug-likeness (QED) is 0.869. The van der Waals surface area contributed by atoms with E-state index in [2.05, 4.69) is 0 Å². The van der Waals surface area contributed by atoms with Gasteiger partial charge in [0.15, 0.2) is 0 Å². The molecule has 0 spiro atoms. The number of nitrogens with zero attached hydrogens (tertiary/aromatic N) is 1. The molecule has 1 N–H and O–H groups in total. The Hall–Kier alpha value is -1.74. The summed E-state index contributed by atoms with van der Waals surface area (Å²) in [7, 11) is 1.79. The van der Waals surface area contributed by atoms with Crippen LogP contribution < -0.4 is 0 Å².